The lowest BCUT2D eigenvalue weighted by molar-refractivity contribution is -0.166. The molecule has 0 bridgehead atoms. The molecule has 0 aliphatic heterocycles. The minimum Gasteiger partial charge on any atom is -0.462 e. The summed E-state index contributed by atoms with van der Waals surface area (Å²) in [6, 6.07) is 0. The average molecular weight is 1060 g/mol. The topological polar surface area (TPSA) is 78.9 Å². The van der Waals surface area contributed by atoms with Gasteiger partial charge in [0.25, 0.3) is 0 Å². The summed E-state index contributed by atoms with van der Waals surface area (Å²) in [4.78, 5) is 38.2. The number of hydrogen-bond acceptors (Lipinski definition) is 6. The van der Waals surface area contributed by atoms with Crippen molar-refractivity contribution in [2.75, 3.05) is 13.2 Å². The van der Waals surface area contributed by atoms with Crippen LogP contribution in [-0.2, 0) is 28.6 Å². The van der Waals surface area contributed by atoms with Gasteiger partial charge in [-0.05, 0) is 116 Å². The number of rotatable bonds is 55. The number of carbonyl (C=O) groups excluding carboxylic acids is 3. The summed E-state index contributed by atoms with van der Waals surface area (Å²) < 4.78 is 16.7. The van der Waals surface area contributed by atoms with Crippen LogP contribution in [0.2, 0.25) is 0 Å². The zero-order valence-electron chi connectivity index (χ0n) is 49.7. The standard InChI is InChI=1S/C71H114O6/c1-4-7-10-13-16-19-22-25-28-30-31-32-33-34-35-36-37-38-39-41-43-46-49-52-55-58-61-64-70(73)76-67-68(66-75-69(72)63-60-57-54-51-48-45-42-27-24-21-18-15-12-9-6-3)77-71(74)65-62-59-56-53-50-47-44-40-29-26-23-20-17-14-11-8-5-2/h8-9,11-12,17-18,20-22,25-27,29-31,42,44,47-48,51,53,56-57,60,68H,4-7,10,13-16,19,23-24,28,32-41,43,45-46,49-50,52,54-55,58-59,61-67H2,1-3H3/b11-8-,12-9-,20-17-,21-18-,25-22-,29-26-,31-30-,42-27-,47-44-,51-48-,56-53-,60-57-. The molecule has 0 aromatic rings. The van der Waals surface area contributed by atoms with Crippen LogP contribution in [0.4, 0.5) is 0 Å². The fourth-order valence-corrected chi connectivity index (χ4v) is 8.23. The van der Waals surface area contributed by atoms with Crippen LogP contribution in [0.3, 0.4) is 0 Å². The van der Waals surface area contributed by atoms with E-state index < -0.39 is 18.0 Å². The highest BCUT2D eigenvalue weighted by Crippen LogP contribution is 2.15. The summed E-state index contributed by atoms with van der Waals surface area (Å²) in [6.45, 7) is 6.27. The molecule has 1 atom stereocenters. The lowest BCUT2D eigenvalue weighted by atomic mass is 10.0. The van der Waals surface area contributed by atoms with Crippen LogP contribution >= 0.6 is 0 Å². The third-order valence-electron chi connectivity index (χ3n) is 12.8. The summed E-state index contributed by atoms with van der Waals surface area (Å²) in [5.74, 6) is -1.13. The SMILES string of the molecule is CC/C=C\C/C=C\C/C=C\C/C=C\C/C=C\CCCC(=O)OC(COC(=O)C/C=C\C/C=C\C/C=C\C/C=C\C/C=C\CC)COC(=O)CCCCCCCCCCCCCCCCC/C=C\C/C=C\CCCCCCC. The Hall–Kier alpha value is -4.71. The van der Waals surface area contributed by atoms with E-state index in [1.807, 2.05) is 6.08 Å². The van der Waals surface area contributed by atoms with Crippen molar-refractivity contribution in [3.05, 3.63) is 146 Å². The predicted molar refractivity (Wildman–Crippen MR) is 334 cm³/mol. The Morgan fingerprint density at radius 2 is 0.571 bits per heavy atom. The maximum Gasteiger partial charge on any atom is 0.309 e. The minimum atomic E-state index is -0.854. The number of carbonyl (C=O) groups is 3. The van der Waals surface area contributed by atoms with Crippen molar-refractivity contribution < 1.29 is 28.6 Å². The molecule has 0 radical (unpaired) electrons. The zero-order chi connectivity index (χ0) is 55.7. The summed E-state index contributed by atoms with van der Waals surface area (Å²) in [7, 11) is 0. The summed E-state index contributed by atoms with van der Waals surface area (Å²) in [6.07, 6.45) is 91.8. The van der Waals surface area contributed by atoms with Crippen molar-refractivity contribution in [3.63, 3.8) is 0 Å². The Balaban J connectivity index is 4.43. The molecule has 0 amide bonds. The number of hydrogen-bond donors (Lipinski definition) is 0. The van der Waals surface area contributed by atoms with Crippen LogP contribution in [0.15, 0.2) is 146 Å². The lowest BCUT2D eigenvalue weighted by Crippen LogP contribution is -2.30. The van der Waals surface area contributed by atoms with Gasteiger partial charge in [-0.2, -0.15) is 0 Å². The van der Waals surface area contributed by atoms with Gasteiger partial charge in [-0.25, -0.2) is 0 Å². The van der Waals surface area contributed by atoms with Crippen molar-refractivity contribution in [1.82, 2.24) is 0 Å². The van der Waals surface area contributed by atoms with Crippen molar-refractivity contribution >= 4 is 17.9 Å². The maximum atomic E-state index is 12.9. The van der Waals surface area contributed by atoms with Crippen molar-refractivity contribution in [2.45, 2.75) is 271 Å². The number of ether oxygens (including phenoxy) is 3. The van der Waals surface area contributed by atoms with E-state index in [1.54, 1.807) is 6.08 Å². The molecular weight excluding hydrogens is 949 g/mol. The number of unbranched alkanes of at least 4 members (excludes halogenated alkanes) is 21. The highest BCUT2D eigenvalue weighted by atomic mass is 16.6. The maximum absolute atomic E-state index is 12.9. The van der Waals surface area contributed by atoms with E-state index in [1.165, 1.54) is 122 Å². The predicted octanol–water partition coefficient (Wildman–Crippen LogP) is 21.5. The molecule has 1 unspecified atom stereocenters. The summed E-state index contributed by atoms with van der Waals surface area (Å²) in [5.41, 5.74) is 0. The van der Waals surface area contributed by atoms with Crippen molar-refractivity contribution in [1.29, 1.82) is 0 Å². The minimum absolute atomic E-state index is 0.109. The van der Waals surface area contributed by atoms with Gasteiger partial charge in [-0.3, -0.25) is 14.4 Å². The van der Waals surface area contributed by atoms with E-state index in [-0.39, 0.29) is 32.0 Å². The van der Waals surface area contributed by atoms with Crippen LogP contribution in [0.25, 0.3) is 0 Å². The molecule has 0 fully saturated rings. The first-order valence-corrected chi connectivity index (χ1v) is 31.3. The molecule has 0 saturated heterocycles. The highest BCUT2D eigenvalue weighted by molar-refractivity contribution is 5.72. The fourth-order valence-electron chi connectivity index (χ4n) is 8.23. The first-order chi connectivity index (χ1) is 38.0. The highest BCUT2D eigenvalue weighted by Gasteiger charge is 2.19. The molecule has 434 valence electrons. The Kier molecular flexibility index (Phi) is 59.9. The van der Waals surface area contributed by atoms with Gasteiger partial charge in [0.15, 0.2) is 6.10 Å². The smallest absolute Gasteiger partial charge is 0.309 e. The molecule has 0 saturated carbocycles. The number of esters is 3. The molecule has 0 heterocycles. The Morgan fingerprint density at radius 1 is 0.286 bits per heavy atom. The van der Waals surface area contributed by atoms with Crippen molar-refractivity contribution in [2.24, 2.45) is 0 Å². The van der Waals surface area contributed by atoms with Crippen molar-refractivity contribution in [3.8, 4) is 0 Å². The first kappa shape index (κ1) is 72.3. The van der Waals surface area contributed by atoms with Gasteiger partial charge in [-0.15, -0.1) is 0 Å². The molecule has 0 aromatic heterocycles. The Bertz CT molecular complexity index is 1700. The largest absolute Gasteiger partial charge is 0.462 e. The van der Waals surface area contributed by atoms with E-state index in [4.69, 9.17) is 14.2 Å². The van der Waals surface area contributed by atoms with Gasteiger partial charge in [0, 0.05) is 12.8 Å². The van der Waals surface area contributed by atoms with E-state index in [9.17, 15) is 14.4 Å². The zero-order valence-corrected chi connectivity index (χ0v) is 49.7. The molecule has 77 heavy (non-hydrogen) atoms. The van der Waals surface area contributed by atoms with E-state index in [0.717, 1.165) is 96.3 Å². The fraction of sp³-hybridized carbons (Fsp3) is 0.620. The average Bonchev–Trinajstić information content (AvgIpc) is 3.43. The Morgan fingerprint density at radius 3 is 0.948 bits per heavy atom. The van der Waals surface area contributed by atoms with Crippen LogP contribution in [0, 0.1) is 0 Å². The van der Waals surface area contributed by atoms with Gasteiger partial charge in [0.2, 0.25) is 0 Å². The van der Waals surface area contributed by atoms with Crippen LogP contribution in [-0.4, -0.2) is 37.2 Å². The monoisotopic (exact) mass is 1060 g/mol. The first-order valence-electron chi connectivity index (χ1n) is 31.3. The van der Waals surface area contributed by atoms with E-state index >= 15 is 0 Å². The second-order valence-corrected chi connectivity index (χ2v) is 20.2. The van der Waals surface area contributed by atoms with Gasteiger partial charge in [0.1, 0.15) is 13.2 Å². The van der Waals surface area contributed by atoms with Gasteiger partial charge < -0.3 is 14.2 Å². The van der Waals surface area contributed by atoms with Crippen LogP contribution in [0.1, 0.15) is 265 Å². The van der Waals surface area contributed by atoms with Gasteiger partial charge in [0.05, 0.1) is 6.42 Å². The molecule has 0 spiro atoms. The molecule has 0 rings (SSSR count). The normalized spacial score (nSPS) is 13.1. The molecule has 0 aliphatic rings. The molecule has 0 aliphatic carbocycles. The Labute approximate surface area is 474 Å². The third-order valence-corrected chi connectivity index (χ3v) is 12.8. The molecule has 0 N–H and O–H groups in total. The summed E-state index contributed by atoms with van der Waals surface area (Å²) >= 11 is 0. The van der Waals surface area contributed by atoms with E-state index in [2.05, 4.69) is 154 Å². The molecule has 6 nitrogen and oxygen atoms in total. The molecular formula is C71H114O6. The lowest BCUT2D eigenvalue weighted by Gasteiger charge is -2.18. The second-order valence-electron chi connectivity index (χ2n) is 20.2. The quantitative estimate of drug-likeness (QED) is 0.0261. The second kappa shape index (κ2) is 63.8. The van der Waals surface area contributed by atoms with E-state index in [0.29, 0.717) is 12.8 Å². The van der Waals surface area contributed by atoms with Crippen LogP contribution < -0.4 is 0 Å². The molecule has 0 aromatic carbocycles. The van der Waals surface area contributed by atoms with Gasteiger partial charge >= 0.3 is 17.9 Å². The van der Waals surface area contributed by atoms with Crippen LogP contribution in [0.5, 0.6) is 0 Å². The molecule has 6 heteroatoms. The third kappa shape index (κ3) is 62.0. The summed E-state index contributed by atoms with van der Waals surface area (Å²) in [5, 5.41) is 0. The van der Waals surface area contributed by atoms with Gasteiger partial charge in [-0.1, -0.05) is 276 Å². The number of allylic oxidation sites excluding steroid dienone is 23.